The van der Waals surface area contributed by atoms with Crippen LogP contribution in [0.25, 0.3) is 10.8 Å². The highest BCUT2D eigenvalue weighted by atomic mass is 16.5. The van der Waals surface area contributed by atoms with E-state index in [1.54, 1.807) is 12.3 Å². The van der Waals surface area contributed by atoms with E-state index in [0.717, 1.165) is 29.5 Å². The number of aldehydes is 1. The minimum atomic E-state index is -0.564. The average molecular weight is 471 g/mol. The van der Waals surface area contributed by atoms with E-state index in [1.807, 2.05) is 51.1 Å². The molecule has 1 aromatic carbocycles. The van der Waals surface area contributed by atoms with Crippen LogP contribution in [0.2, 0.25) is 0 Å². The van der Waals surface area contributed by atoms with Gasteiger partial charge in [0.25, 0.3) is 5.91 Å². The summed E-state index contributed by atoms with van der Waals surface area (Å²) in [7, 11) is 1.45. The van der Waals surface area contributed by atoms with Crippen molar-refractivity contribution < 1.29 is 19.1 Å². The van der Waals surface area contributed by atoms with Crippen LogP contribution in [0.5, 0.6) is 0 Å². The normalized spacial score (nSPS) is 12.5. The van der Waals surface area contributed by atoms with Crippen molar-refractivity contribution in [3.05, 3.63) is 54.9 Å². The zero-order chi connectivity index (χ0) is 25.9. The molecule has 0 bridgehead atoms. The Bertz CT molecular complexity index is 876. The summed E-state index contributed by atoms with van der Waals surface area (Å²) in [5, 5.41) is 4.34. The third kappa shape index (κ3) is 11.2. The number of nitrogens with one attached hydrogen (secondary N) is 1. The van der Waals surface area contributed by atoms with E-state index >= 15 is 0 Å². The molecule has 0 fully saturated rings. The number of hydrogen-bond donors (Lipinski definition) is 1. The zero-order valence-electron chi connectivity index (χ0n) is 21.7. The van der Waals surface area contributed by atoms with Gasteiger partial charge in [-0.15, -0.1) is 6.58 Å². The molecule has 1 heterocycles. The second-order valence-electron chi connectivity index (χ2n) is 7.99. The molecule has 1 aromatic heterocycles. The monoisotopic (exact) mass is 470 g/mol. The first-order chi connectivity index (χ1) is 16.4. The molecule has 2 aromatic rings. The van der Waals surface area contributed by atoms with Crippen molar-refractivity contribution in [2.24, 2.45) is 11.8 Å². The lowest BCUT2D eigenvalue weighted by atomic mass is 9.97. The van der Waals surface area contributed by atoms with E-state index in [4.69, 9.17) is 0 Å². The van der Waals surface area contributed by atoms with E-state index in [1.165, 1.54) is 20.0 Å². The average Bonchev–Trinajstić information content (AvgIpc) is 2.88. The number of ether oxygens (including phenoxy) is 1. The summed E-state index contributed by atoms with van der Waals surface area (Å²) in [5.74, 6) is 0.416. The smallest absolute Gasteiger partial charge is 0.308 e. The number of carbonyl (C=O) groups is 3. The summed E-state index contributed by atoms with van der Waals surface area (Å²) in [6.07, 6.45) is 8.81. The maximum absolute atomic E-state index is 12.1. The van der Waals surface area contributed by atoms with Crippen LogP contribution < -0.4 is 5.32 Å². The van der Waals surface area contributed by atoms with Crippen LogP contribution in [0.15, 0.2) is 49.2 Å². The lowest BCUT2D eigenvalue weighted by Gasteiger charge is -2.11. The van der Waals surface area contributed by atoms with Crippen molar-refractivity contribution in [1.82, 2.24) is 10.3 Å². The lowest BCUT2D eigenvalue weighted by Crippen LogP contribution is -2.36. The van der Waals surface area contributed by atoms with Crippen LogP contribution >= 0.6 is 0 Å². The third-order valence-electron chi connectivity index (χ3n) is 5.42. The molecule has 34 heavy (non-hydrogen) atoms. The number of esters is 1. The molecule has 0 radical (unpaired) electrons. The number of hydrogen-bond acceptors (Lipinski definition) is 5. The fourth-order valence-corrected chi connectivity index (χ4v) is 3.16. The minimum absolute atomic E-state index is 0.0639. The Morgan fingerprint density at radius 2 is 1.82 bits per heavy atom. The van der Waals surface area contributed by atoms with Crippen molar-refractivity contribution in [2.75, 3.05) is 7.11 Å². The van der Waals surface area contributed by atoms with Crippen molar-refractivity contribution in [3.63, 3.8) is 0 Å². The third-order valence-corrected chi connectivity index (χ3v) is 5.42. The van der Waals surface area contributed by atoms with E-state index in [-0.39, 0.29) is 17.8 Å². The number of methoxy groups -OCH3 is 1. The fourth-order valence-electron chi connectivity index (χ4n) is 3.16. The second kappa shape index (κ2) is 18.4. The Labute approximate surface area is 205 Å². The van der Waals surface area contributed by atoms with E-state index in [9.17, 15) is 14.4 Å². The molecule has 0 spiro atoms. The molecule has 6 nitrogen and oxygen atoms in total. The molecule has 0 saturated heterocycles. The summed E-state index contributed by atoms with van der Waals surface area (Å²) < 4.78 is 4.66. The summed E-state index contributed by atoms with van der Waals surface area (Å²) >= 11 is 0. The number of rotatable bonds is 11. The van der Waals surface area contributed by atoms with Crippen LogP contribution in [0.1, 0.15) is 77.2 Å². The molecule has 1 N–H and O–H groups in total. The maximum Gasteiger partial charge on any atom is 0.308 e. The highest BCUT2D eigenvalue weighted by molar-refractivity contribution is 6.05. The number of aromatic nitrogens is 1. The SMILES string of the molecule is C=CCC(C=O)NC(=O)c1nccc2ccccc12.CC.CCC(C)CCCC(C)C(=O)OC. The van der Waals surface area contributed by atoms with Crippen molar-refractivity contribution in [2.45, 2.75) is 72.8 Å². The number of amides is 1. The van der Waals surface area contributed by atoms with Gasteiger partial charge in [0, 0.05) is 11.6 Å². The molecule has 0 aliphatic heterocycles. The van der Waals surface area contributed by atoms with Crippen molar-refractivity contribution >= 4 is 28.9 Å². The fraction of sp³-hybridized carbons (Fsp3) is 0.500. The first kappa shape index (κ1) is 31.0. The van der Waals surface area contributed by atoms with Crippen molar-refractivity contribution in [3.8, 4) is 0 Å². The molecule has 0 aliphatic rings. The van der Waals surface area contributed by atoms with Crippen LogP contribution in [0.3, 0.4) is 0 Å². The van der Waals surface area contributed by atoms with E-state index in [2.05, 4.69) is 35.5 Å². The van der Waals surface area contributed by atoms with Crippen molar-refractivity contribution in [1.29, 1.82) is 0 Å². The molecule has 3 unspecified atom stereocenters. The summed E-state index contributed by atoms with van der Waals surface area (Å²) in [5.41, 5.74) is 0.328. The lowest BCUT2D eigenvalue weighted by molar-refractivity contribution is -0.145. The predicted molar refractivity (Wildman–Crippen MR) is 140 cm³/mol. The molecule has 1 amide bonds. The Morgan fingerprint density at radius 1 is 1.15 bits per heavy atom. The summed E-state index contributed by atoms with van der Waals surface area (Å²) in [4.78, 5) is 38.1. The highest BCUT2D eigenvalue weighted by Crippen LogP contribution is 2.17. The van der Waals surface area contributed by atoms with Crippen LogP contribution in [-0.2, 0) is 14.3 Å². The highest BCUT2D eigenvalue weighted by Gasteiger charge is 2.15. The second-order valence-corrected chi connectivity index (χ2v) is 7.99. The van der Waals surface area contributed by atoms with E-state index in [0.29, 0.717) is 18.4 Å². The summed E-state index contributed by atoms with van der Waals surface area (Å²) in [6.45, 7) is 13.9. The first-order valence-electron chi connectivity index (χ1n) is 12.2. The summed E-state index contributed by atoms with van der Waals surface area (Å²) in [6, 6.07) is 8.77. The Balaban J connectivity index is 0.000000639. The largest absolute Gasteiger partial charge is 0.469 e. The molecule has 3 atom stereocenters. The topological polar surface area (TPSA) is 85.4 Å². The number of nitrogens with zero attached hydrogens (tertiary/aromatic N) is 1. The molecular formula is C28H42N2O4. The van der Waals surface area contributed by atoms with Gasteiger partial charge >= 0.3 is 5.97 Å². The van der Waals surface area contributed by atoms with Gasteiger partial charge in [-0.05, 0) is 30.2 Å². The standard InChI is InChI=1S/C15H14N2O2.C11H22O2.C2H6/c1-2-5-12(10-18)17-15(19)14-13-7-4-3-6-11(13)8-9-16-14;1-5-9(2)7-6-8-10(3)11(12)13-4;1-2/h2-4,6-10,12H,1,5H2,(H,17,19);9-10H,5-8H2,1-4H3;1-2H3. The Kier molecular flexibility index (Phi) is 16.8. The van der Waals surface area contributed by atoms with Gasteiger partial charge in [0.2, 0.25) is 0 Å². The van der Waals surface area contributed by atoms with Gasteiger partial charge in [-0.2, -0.15) is 0 Å². The first-order valence-corrected chi connectivity index (χ1v) is 12.2. The van der Waals surface area contributed by atoms with Crippen LogP contribution in [0, 0.1) is 11.8 Å². The maximum atomic E-state index is 12.1. The minimum Gasteiger partial charge on any atom is -0.469 e. The van der Waals surface area contributed by atoms with Gasteiger partial charge in [0.1, 0.15) is 12.0 Å². The van der Waals surface area contributed by atoms with Gasteiger partial charge in [-0.3, -0.25) is 14.6 Å². The molecule has 188 valence electrons. The number of pyridine rings is 1. The Morgan fingerprint density at radius 3 is 2.41 bits per heavy atom. The predicted octanol–water partition coefficient (Wildman–Crippen LogP) is 6.15. The van der Waals surface area contributed by atoms with Gasteiger partial charge in [-0.1, -0.05) is 84.2 Å². The molecule has 6 heteroatoms. The van der Waals surface area contributed by atoms with Gasteiger partial charge in [-0.25, -0.2) is 0 Å². The number of carbonyl (C=O) groups excluding carboxylic acids is 3. The molecule has 0 saturated carbocycles. The molecule has 2 rings (SSSR count). The Hall–Kier alpha value is -3.02. The van der Waals surface area contributed by atoms with Gasteiger partial charge < -0.3 is 14.8 Å². The molecular weight excluding hydrogens is 428 g/mol. The quantitative estimate of drug-likeness (QED) is 0.242. The van der Waals surface area contributed by atoms with Crippen LogP contribution in [0.4, 0.5) is 0 Å². The van der Waals surface area contributed by atoms with Gasteiger partial charge in [0.05, 0.1) is 19.1 Å². The van der Waals surface area contributed by atoms with Gasteiger partial charge in [0.15, 0.2) is 0 Å². The van der Waals surface area contributed by atoms with E-state index < -0.39 is 6.04 Å². The molecule has 0 aliphatic carbocycles. The number of benzene rings is 1. The van der Waals surface area contributed by atoms with Crippen LogP contribution in [-0.4, -0.2) is 36.3 Å². The number of fused-ring (bicyclic) bond motifs is 1. The zero-order valence-corrected chi connectivity index (χ0v) is 21.7.